The van der Waals surface area contributed by atoms with Crippen molar-refractivity contribution in [3.05, 3.63) is 5.92 Å². The molecule has 0 amide bonds. The SMILES string of the molecule is CC(C)O.CC(C)O.CC(C)O.CCCCC(=O)O.C[C-](C)C.[Ti]. The van der Waals surface area contributed by atoms with Crippen LogP contribution in [-0.4, -0.2) is 44.7 Å². The van der Waals surface area contributed by atoms with Crippen LogP contribution in [0.5, 0.6) is 0 Å². The minimum absolute atomic E-state index is 0. The minimum atomic E-state index is -0.693. The molecule has 24 heavy (non-hydrogen) atoms. The van der Waals surface area contributed by atoms with Gasteiger partial charge in [-0.25, -0.2) is 0 Å². The molecule has 0 aliphatic rings. The quantitative estimate of drug-likeness (QED) is 0.433. The van der Waals surface area contributed by atoms with Crippen LogP contribution in [0.1, 0.15) is 88.5 Å². The van der Waals surface area contributed by atoms with Crippen molar-refractivity contribution in [2.45, 2.75) is 107 Å². The van der Waals surface area contributed by atoms with Crippen LogP contribution < -0.4 is 0 Å². The predicted octanol–water partition coefficient (Wildman–Crippen LogP) is 4.04. The Morgan fingerprint density at radius 2 is 1.00 bits per heavy atom. The summed E-state index contributed by atoms with van der Waals surface area (Å²) in [7, 11) is 0. The van der Waals surface area contributed by atoms with Gasteiger partial charge in [0, 0.05) is 46.5 Å². The molecule has 0 aliphatic carbocycles. The summed E-state index contributed by atoms with van der Waals surface area (Å²) < 4.78 is 0. The van der Waals surface area contributed by atoms with Crippen molar-refractivity contribution in [2.75, 3.05) is 0 Å². The van der Waals surface area contributed by atoms with Gasteiger partial charge in [0.05, 0.1) is 0 Å². The van der Waals surface area contributed by atoms with E-state index in [1.165, 1.54) is 5.92 Å². The van der Waals surface area contributed by atoms with Crippen LogP contribution in [0.3, 0.4) is 0 Å². The molecule has 0 aromatic heterocycles. The van der Waals surface area contributed by atoms with Crippen LogP contribution in [0, 0.1) is 5.92 Å². The predicted molar refractivity (Wildman–Crippen MR) is 99.5 cm³/mol. The number of hydrogen-bond donors (Lipinski definition) is 4. The third-order valence-corrected chi connectivity index (χ3v) is 0.744. The first-order chi connectivity index (χ1) is 10.2. The number of aliphatic carboxylic acids is 1. The fraction of sp³-hybridized carbons (Fsp3) is 0.889. The largest absolute Gasteiger partial charge is 0.481 e. The molecule has 0 aromatic carbocycles. The molecule has 0 unspecified atom stereocenters. The summed E-state index contributed by atoms with van der Waals surface area (Å²) in [5.41, 5.74) is 0. The van der Waals surface area contributed by atoms with Crippen LogP contribution in [0.15, 0.2) is 0 Å². The fourth-order valence-electron chi connectivity index (χ4n) is 0.328. The first-order valence-corrected chi connectivity index (χ1v) is 8.23. The van der Waals surface area contributed by atoms with Crippen molar-refractivity contribution in [3.63, 3.8) is 0 Å². The molecule has 0 bridgehead atoms. The van der Waals surface area contributed by atoms with E-state index in [0.29, 0.717) is 6.42 Å². The summed E-state index contributed by atoms with van der Waals surface area (Å²) in [6.07, 6.45) is 1.58. The molecular formula is C18H43O5Ti-. The maximum absolute atomic E-state index is 9.76. The number of unbranched alkanes of at least 4 members (excludes halogenated alkanes) is 1. The van der Waals surface area contributed by atoms with Crippen molar-refractivity contribution in [3.8, 4) is 0 Å². The molecule has 4 N–H and O–H groups in total. The number of aliphatic hydroxyl groups is 3. The summed E-state index contributed by atoms with van der Waals surface area (Å²) in [6.45, 7) is 18.6. The standard InChI is InChI=1S/C5H10O2.C4H9.3C3H8O.Ti/c1-2-3-4-5(6)7;1-4(2)3;3*1-3(2)4;/h2-4H2,1H3,(H,6,7);1-3H3;3*3-4H,1-2H3;/q;-1;;;;. The van der Waals surface area contributed by atoms with Crippen molar-refractivity contribution in [1.82, 2.24) is 0 Å². The van der Waals surface area contributed by atoms with Crippen LogP contribution in [0.4, 0.5) is 0 Å². The van der Waals surface area contributed by atoms with Gasteiger partial charge >= 0.3 is 5.97 Å². The van der Waals surface area contributed by atoms with E-state index >= 15 is 0 Å². The topological polar surface area (TPSA) is 98.0 Å². The van der Waals surface area contributed by atoms with E-state index in [2.05, 4.69) is 20.8 Å². The molecule has 0 fully saturated rings. The second-order valence-electron chi connectivity index (χ2n) is 6.28. The Labute approximate surface area is 165 Å². The van der Waals surface area contributed by atoms with E-state index in [9.17, 15) is 4.79 Å². The summed E-state index contributed by atoms with van der Waals surface area (Å²) in [6, 6.07) is 0. The number of carboxylic acid groups (broad SMARTS) is 1. The molecule has 0 rings (SSSR count). The van der Waals surface area contributed by atoms with Crippen LogP contribution in [-0.2, 0) is 26.5 Å². The Balaban J connectivity index is -0.0000000429. The molecule has 0 saturated heterocycles. The average molecular weight is 387 g/mol. The number of carboxylic acids is 1. The zero-order valence-corrected chi connectivity index (χ0v) is 19.1. The molecule has 0 radical (unpaired) electrons. The smallest absolute Gasteiger partial charge is 0.303 e. The van der Waals surface area contributed by atoms with E-state index in [0.717, 1.165) is 12.8 Å². The van der Waals surface area contributed by atoms with Crippen molar-refractivity contribution < 1.29 is 46.9 Å². The van der Waals surface area contributed by atoms with Gasteiger partial charge in [-0.05, 0) is 48.0 Å². The Hall–Kier alpha value is 0.0643. The van der Waals surface area contributed by atoms with Crippen LogP contribution in [0.25, 0.3) is 0 Å². The van der Waals surface area contributed by atoms with E-state index in [1.807, 2.05) is 6.92 Å². The Bertz CT molecular complexity index is 161. The second kappa shape index (κ2) is 34.4. The van der Waals surface area contributed by atoms with Gasteiger partial charge in [-0.3, -0.25) is 4.79 Å². The van der Waals surface area contributed by atoms with Gasteiger partial charge < -0.3 is 26.3 Å². The number of hydrogen-bond acceptors (Lipinski definition) is 4. The molecule has 0 atom stereocenters. The number of aliphatic hydroxyl groups excluding tert-OH is 3. The average Bonchev–Trinajstić information content (AvgIpc) is 2.22. The molecule has 0 spiro atoms. The first kappa shape index (κ1) is 39.2. The summed E-state index contributed by atoms with van der Waals surface area (Å²) in [4.78, 5) is 9.76. The number of rotatable bonds is 3. The van der Waals surface area contributed by atoms with Crippen molar-refractivity contribution >= 4 is 5.97 Å². The summed E-state index contributed by atoms with van der Waals surface area (Å²) >= 11 is 0. The van der Waals surface area contributed by atoms with Gasteiger partial charge in [-0.15, -0.1) is 0 Å². The first-order valence-electron chi connectivity index (χ1n) is 8.23. The van der Waals surface area contributed by atoms with Crippen LogP contribution >= 0.6 is 0 Å². The second-order valence-corrected chi connectivity index (χ2v) is 6.28. The molecule has 0 heterocycles. The van der Waals surface area contributed by atoms with E-state index in [4.69, 9.17) is 20.4 Å². The Morgan fingerprint density at radius 1 is 0.833 bits per heavy atom. The zero-order chi connectivity index (χ0) is 20.0. The molecule has 0 saturated carbocycles. The zero-order valence-electron chi connectivity index (χ0n) is 17.6. The number of carbonyl (C=O) groups is 1. The maximum Gasteiger partial charge on any atom is 0.303 e. The van der Waals surface area contributed by atoms with E-state index < -0.39 is 5.97 Å². The Morgan fingerprint density at radius 3 is 1.04 bits per heavy atom. The van der Waals surface area contributed by atoms with Crippen molar-refractivity contribution in [1.29, 1.82) is 0 Å². The van der Waals surface area contributed by atoms with Gasteiger partial charge in [0.25, 0.3) is 0 Å². The minimum Gasteiger partial charge on any atom is -0.481 e. The fourth-order valence-corrected chi connectivity index (χ4v) is 0.328. The third-order valence-electron chi connectivity index (χ3n) is 0.744. The molecule has 150 valence electrons. The van der Waals surface area contributed by atoms with Gasteiger partial charge in [0.15, 0.2) is 0 Å². The molecule has 0 aliphatic heterocycles. The molecular weight excluding hydrogens is 344 g/mol. The monoisotopic (exact) mass is 387 g/mol. The van der Waals surface area contributed by atoms with Gasteiger partial charge in [-0.2, -0.15) is 20.8 Å². The van der Waals surface area contributed by atoms with E-state index in [-0.39, 0.29) is 40.0 Å². The normalized spacial score (nSPS) is 8.54. The van der Waals surface area contributed by atoms with Crippen LogP contribution in [0.2, 0.25) is 0 Å². The summed E-state index contributed by atoms with van der Waals surface area (Å²) in [5.74, 6) is 0.724. The molecule has 5 nitrogen and oxygen atoms in total. The van der Waals surface area contributed by atoms with Gasteiger partial charge in [-0.1, -0.05) is 13.3 Å². The van der Waals surface area contributed by atoms with Gasteiger partial charge in [0.1, 0.15) is 0 Å². The molecule has 6 heteroatoms. The summed E-state index contributed by atoms with van der Waals surface area (Å²) in [5, 5.41) is 32.2. The van der Waals surface area contributed by atoms with Crippen molar-refractivity contribution in [2.24, 2.45) is 0 Å². The Kier molecular flexibility index (Phi) is 56.2. The van der Waals surface area contributed by atoms with Gasteiger partial charge in [0.2, 0.25) is 0 Å². The molecule has 0 aromatic rings. The maximum atomic E-state index is 9.76. The van der Waals surface area contributed by atoms with E-state index in [1.54, 1.807) is 41.5 Å². The third kappa shape index (κ3) is 593.